The molecule has 2 N–H and O–H groups in total. The van der Waals surface area contributed by atoms with Crippen LogP contribution in [-0.2, 0) is 0 Å². The minimum atomic E-state index is -0.275. The number of hydrogen-bond acceptors (Lipinski definition) is 4. The quantitative estimate of drug-likeness (QED) is 0.814. The van der Waals surface area contributed by atoms with Crippen LogP contribution in [0.15, 0.2) is 35.2 Å². The highest BCUT2D eigenvalue weighted by atomic mass is 35.5. The zero-order chi connectivity index (χ0) is 13.4. The average molecular weight is 312 g/mol. The van der Waals surface area contributed by atoms with Crippen molar-refractivity contribution in [2.75, 3.05) is 22.9 Å². The molecule has 2 aromatic rings. The number of nitrogen functional groups attached to an aromatic ring is 1. The Morgan fingerprint density at radius 2 is 2.10 bits per heavy atom. The molecule has 3 nitrogen and oxygen atoms in total. The molecule has 0 bridgehead atoms. The van der Waals surface area contributed by atoms with Crippen LogP contribution in [0.3, 0.4) is 0 Å². The Bertz CT molecular complexity index is 636. The van der Waals surface area contributed by atoms with Crippen LogP contribution >= 0.6 is 24.2 Å². The van der Waals surface area contributed by atoms with Gasteiger partial charge in [-0.3, -0.25) is 0 Å². The fourth-order valence-electron chi connectivity index (χ4n) is 2.15. The van der Waals surface area contributed by atoms with Crippen molar-refractivity contribution in [2.24, 2.45) is 0 Å². The first-order valence-corrected chi connectivity index (χ1v) is 7.07. The Labute approximate surface area is 127 Å². The summed E-state index contributed by atoms with van der Waals surface area (Å²) in [5.74, 6) is 1.48. The summed E-state index contributed by atoms with van der Waals surface area (Å²) in [6.07, 6.45) is 0. The molecule has 1 aromatic carbocycles. The van der Waals surface area contributed by atoms with Gasteiger partial charge in [0.15, 0.2) is 0 Å². The van der Waals surface area contributed by atoms with Gasteiger partial charge in [0.1, 0.15) is 11.6 Å². The minimum Gasteiger partial charge on any atom is -0.399 e. The largest absolute Gasteiger partial charge is 0.399 e. The van der Waals surface area contributed by atoms with Crippen LogP contribution in [0.25, 0.3) is 0 Å². The molecule has 106 valence electrons. The molecule has 0 amide bonds. The second-order valence-corrected chi connectivity index (χ2v) is 5.60. The van der Waals surface area contributed by atoms with Gasteiger partial charge in [0, 0.05) is 22.9 Å². The van der Waals surface area contributed by atoms with Gasteiger partial charge in [-0.15, -0.1) is 24.2 Å². The van der Waals surface area contributed by atoms with Gasteiger partial charge in [-0.2, -0.15) is 0 Å². The third-order valence-corrected chi connectivity index (χ3v) is 4.17. The van der Waals surface area contributed by atoms with E-state index in [1.807, 2.05) is 18.2 Å². The topological polar surface area (TPSA) is 42.2 Å². The molecule has 0 aliphatic carbocycles. The van der Waals surface area contributed by atoms with Crippen LogP contribution in [0.1, 0.15) is 5.69 Å². The molecular formula is C14H15ClFN3S. The van der Waals surface area contributed by atoms with Gasteiger partial charge in [0.2, 0.25) is 0 Å². The smallest absolute Gasteiger partial charge is 0.144 e. The Morgan fingerprint density at radius 3 is 2.85 bits per heavy atom. The lowest BCUT2D eigenvalue weighted by Gasteiger charge is -2.30. The Hall–Kier alpha value is -1.46. The molecule has 1 aliphatic heterocycles. The summed E-state index contributed by atoms with van der Waals surface area (Å²) in [7, 11) is 0. The maximum atomic E-state index is 13.3. The van der Waals surface area contributed by atoms with Crippen LogP contribution < -0.4 is 10.6 Å². The standard InChI is InChI=1S/C14H14FN3S.ClH/c1-9-11(15)3-5-14(17-9)18-6-7-19-13-4-2-10(16)8-12(13)18;/h2-5,8H,6-7,16H2,1H3;1H. The van der Waals surface area contributed by atoms with E-state index in [0.717, 1.165) is 29.5 Å². The molecule has 0 atom stereocenters. The second kappa shape index (κ2) is 5.89. The van der Waals surface area contributed by atoms with Gasteiger partial charge in [0.05, 0.1) is 11.4 Å². The van der Waals surface area contributed by atoms with E-state index in [1.54, 1.807) is 24.8 Å². The third-order valence-electron chi connectivity index (χ3n) is 3.13. The number of aryl methyl sites for hydroxylation is 1. The van der Waals surface area contributed by atoms with Crippen molar-refractivity contribution in [1.29, 1.82) is 0 Å². The van der Waals surface area contributed by atoms with Gasteiger partial charge in [-0.1, -0.05) is 0 Å². The predicted molar refractivity (Wildman–Crippen MR) is 84.8 cm³/mol. The monoisotopic (exact) mass is 311 g/mol. The third kappa shape index (κ3) is 2.69. The summed E-state index contributed by atoms with van der Waals surface area (Å²) in [5, 5.41) is 0. The summed E-state index contributed by atoms with van der Waals surface area (Å²) in [6, 6.07) is 9.05. The number of halogens is 2. The summed E-state index contributed by atoms with van der Waals surface area (Å²) in [4.78, 5) is 7.60. The first kappa shape index (κ1) is 14.9. The van der Waals surface area contributed by atoms with Gasteiger partial charge in [-0.05, 0) is 37.3 Å². The van der Waals surface area contributed by atoms with E-state index in [-0.39, 0.29) is 18.2 Å². The van der Waals surface area contributed by atoms with E-state index < -0.39 is 0 Å². The van der Waals surface area contributed by atoms with Crippen LogP contribution in [0.5, 0.6) is 0 Å². The molecule has 3 rings (SSSR count). The van der Waals surface area contributed by atoms with Crippen LogP contribution in [0.4, 0.5) is 21.6 Å². The van der Waals surface area contributed by atoms with Crippen molar-refractivity contribution in [2.45, 2.75) is 11.8 Å². The molecule has 20 heavy (non-hydrogen) atoms. The SMILES string of the molecule is Cc1nc(N2CCSc3ccc(N)cc32)ccc1F.Cl. The lowest BCUT2D eigenvalue weighted by molar-refractivity contribution is 0.609. The molecule has 1 aromatic heterocycles. The van der Waals surface area contributed by atoms with Crippen LogP contribution in [0, 0.1) is 12.7 Å². The fraction of sp³-hybridized carbons (Fsp3) is 0.214. The molecule has 2 heterocycles. The van der Waals surface area contributed by atoms with E-state index in [9.17, 15) is 4.39 Å². The summed E-state index contributed by atoms with van der Waals surface area (Å²) >= 11 is 1.80. The van der Waals surface area contributed by atoms with Gasteiger partial charge in [0.25, 0.3) is 0 Å². The zero-order valence-electron chi connectivity index (χ0n) is 11.0. The Morgan fingerprint density at radius 1 is 1.30 bits per heavy atom. The van der Waals surface area contributed by atoms with E-state index in [1.165, 1.54) is 11.0 Å². The first-order valence-electron chi connectivity index (χ1n) is 6.08. The van der Waals surface area contributed by atoms with E-state index in [0.29, 0.717) is 5.69 Å². The van der Waals surface area contributed by atoms with Crippen LogP contribution in [0.2, 0.25) is 0 Å². The van der Waals surface area contributed by atoms with E-state index in [4.69, 9.17) is 5.73 Å². The number of nitrogens with two attached hydrogens (primary N) is 1. The molecule has 0 saturated heterocycles. The minimum absolute atomic E-state index is 0. The van der Waals surface area contributed by atoms with E-state index in [2.05, 4.69) is 9.88 Å². The number of pyridine rings is 1. The summed E-state index contributed by atoms with van der Waals surface area (Å²) in [6.45, 7) is 2.52. The predicted octanol–water partition coefficient (Wildman–Crippen LogP) is 3.78. The van der Waals surface area contributed by atoms with Crippen molar-refractivity contribution in [3.05, 3.63) is 41.8 Å². The lowest BCUT2D eigenvalue weighted by Crippen LogP contribution is -2.25. The molecule has 0 fully saturated rings. The highest BCUT2D eigenvalue weighted by molar-refractivity contribution is 7.99. The van der Waals surface area contributed by atoms with Crippen molar-refractivity contribution in [3.63, 3.8) is 0 Å². The van der Waals surface area contributed by atoms with Crippen molar-refractivity contribution in [1.82, 2.24) is 4.98 Å². The van der Waals surface area contributed by atoms with Gasteiger partial charge in [-0.25, -0.2) is 9.37 Å². The molecule has 0 spiro atoms. The normalized spacial score (nSPS) is 13.6. The Kier molecular flexibility index (Phi) is 4.40. The number of aromatic nitrogens is 1. The van der Waals surface area contributed by atoms with Crippen LogP contribution in [-0.4, -0.2) is 17.3 Å². The van der Waals surface area contributed by atoms with Crippen molar-refractivity contribution in [3.8, 4) is 0 Å². The number of thioether (sulfide) groups is 1. The number of benzene rings is 1. The fourth-order valence-corrected chi connectivity index (χ4v) is 3.13. The second-order valence-electron chi connectivity index (χ2n) is 4.46. The van der Waals surface area contributed by atoms with E-state index >= 15 is 0 Å². The number of hydrogen-bond donors (Lipinski definition) is 1. The first-order chi connectivity index (χ1) is 9.15. The molecule has 0 unspecified atom stereocenters. The summed E-state index contributed by atoms with van der Waals surface area (Å²) in [5.41, 5.74) is 8.06. The van der Waals surface area contributed by atoms with Crippen molar-refractivity contribution < 1.29 is 4.39 Å². The highest BCUT2D eigenvalue weighted by Crippen LogP contribution is 2.39. The maximum absolute atomic E-state index is 13.3. The van der Waals surface area contributed by atoms with Gasteiger partial charge < -0.3 is 10.6 Å². The summed E-state index contributed by atoms with van der Waals surface area (Å²) < 4.78 is 13.3. The number of anilines is 3. The van der Waals surface area contributed by atoms with Crippen molar-refractivity contribution >= 4 is 41.4 Å². The molecule has 6 heteroatoms. The number of fused-ring (bicyclic) bond motifs is 1. The number of nitrogens with zero attached hydrogens (tertiary/aromatic N) is 2. The highest BCUT2D eigenvalue weighted by Gasteiger charge is 2.20. The molecular weight excluding hydrogens is 297 g/mol. The maximum Gasteiger partial charge on any atom is 0.144 e. The average Bonchev–Trinajstić information content (AvgIpc) is 2.41. The molecule has 0 radical (unpaired) electrons. The van der Waals surface area contributed by atoms with Gasteiger partial charge >= 0.3 is 0 Å². The lowest BCUT2D eigenvalue weighted by atomic mass is 10.2. The number of rotatable bonds is 1. The zero-order valence-corrected chi connectivity index (χ0v) is 12.6. The molecule has 1 aliphatic rings. The molecule has 0 saturated carbocycles. The Balaban J connectivity index is 0.00000147.